The van der Waals surface area contributed by atoms with E-state index < -0.39 is 0 Å². The highest BCUT2D eigenvalue weighted by molar-refractivity contribution is 7.99. The minimum absolute atomic E-state index is 0.0473. The molecule has 2 aromatic carbocycles. The van der Waals surface area contributed by atoms with Crippen LogP contribution in [0, 0.1) is 13.8 Å². The molecule has 5 nitrogen and oxygen atoms in total. The van der Waals surface area contributed by atoms with Gasteiger partial charge >= 0.3 is 0 Å². The smallest absolute Gasteiger partial charge is 0.277 e. The zero-order valence-corrected chi connectivity index (χ0v) is 16.5. The zero-order chi connectivity index (χ0) is 19.2. The fraction of sp³-hybridized carbons (Fsp3) is 0.286. The Morgan fingerprint density at radius 2 is 1.81 bits per heavy atom. The van der Waals surface area contributed by atoms with E-state index in [1.165, 1.54) is 17.3 Å². The molecule has 0 aliphatic rings. The molecule has 0 radical (unpaired) electrons. The molecule has 0 aliphatic carbocycles. The van der Waals surface area contributed by atoms with Crippen LogP contribution < -0.4 is 5.32 Å². The molecule has 3 rings (SSSR count). The highest BCUT2D eigenvalue weighted by Crippen LogP contribution is 2.24. The average molecular weight is 382 g/mol. The molecule has 140 valence electrons. The van der Waals surface area contributed by atoms with Crippen LogP contribution in [0.4, 0.5) is 0 Å². The summed E-state index contributed by atoms with van der Waals surface area (Å²) in [7, 11) is 0. The van der Waals surface area contributed by atoms with E-state index in [-0.39, 0.29) is 17.6 Å². The molecule has 0 aliphatic heterocycles. The van der Waals surface area contributed by atoms with Crippen LogP contribution >= 0.6 is 11.8 Å². The molecule has 1 amide bonds. The Morgan fingerprint density at radius 1 is 1.11 bits per heavy atom. The van der Waals surface area contributed by atoms with E-state index >= 15 is 0 Å². The number of benzene rings is 2. The molecule has 1 heterocycles. The SMILES string of the molecule is Cc1cc(C)cc(-c2nnc(SCC(=O)NC[C@H](C)c3ccccc3)o2)c1. The van der Waals surface area contributed by atoms with Crippen molar-refractivity contribution in [3.05, 3.63) is 65.2 Å². The van der Waals surface area contributed by atoms with Crippen molar-refractivity contribution >= 4 is 17.7 Å². The number of nitrogens with zero attached hydrogens (tertiary/aromatic N) is 2. The van der Waals surface area contributed by atoms with E-state index in [2.05, 4.69) is 40.6 Å². The van der Waals surface area contributed by atoms with Crippen molar-refractivity contribution in [2.24, 2.45) is 0 Å². The molecule has 0 saturated heterocycles. The first-order chi connectivity index (χ1) is 13.0. The maximum absolute atomic E-state index is 12.1. The van der Waals surface area contributed by atoms with E-state index in [0.717, 1.165) is 16.7 Å². The second-order valence-electron chi connectivity index (χ2n) is 6.65. The lowest BCUT2D eigenvalue weighted by atomic mass is 10.0. The monoisotopic (exact) mass is 381 g/mol. The number of hydrogen-bond donors (Lipinski definition) is 1. The van der Waals surface area contributed by atoms with E-state index in [9.17, 15) is 4.79 Å². The Hall–Kier alpha value is -2.60. The summed E-state index contributed by atoms with van der Waals surface area (Å²) in [6.45, 7) is 6.75. The van der Waals surface area contributed by atoms with E-state index in [1.54, 1.807) is 0 Å². The topological polar surface area (TPSA) is 68.0 Å². The summed E-state index contributed by atoms with van der Waals surface area (Å²) in [6.07, 6.45) is 0. The predicted octanol–water partition coefficient (Wildman–Crippen LogP) is 4.37. The Balaban J connectivity index is 1.50. The molecule has 0 spiro atoms. The fourth-order valence-electron chi connectivity index (χ4n) is 2.83. The lowest BCUT2D eigenvalue weighted by Crippen LogP contribution is -2.28. The number of rotatable bonds is 7. The Labute approximate surface area is 163 Å². The van der Waals surface area contributed by atoms with Gasteiger partial charge in [-0.25, -0.2) is 0 Å². The number of amides is 1. The number of nitrogens with one attached hydrogen (secondary N) is 1. The molecule has 0 saturated carbocycles. The Morgan fingerprint density at radius 3 is 2.52 bits per heavy atom. The van der Waals surface area contributed by atoms with Crippen LogP contribution in [-0.2, 0) is 4.79 Å². The van der Waals surface area contributed by atoms with Crippen molar-refractivity contribution in [2.75, 3.05) is 12.3 Å². The molecule has 1 aromatic heterocycles. The second-order valence-corrected chi connectivity index (χ2v) is 7.58. The van der Waals surface area contributed by atoms with Gasteiger partial charge in [-0.15, -0.1) is 10.2 Å². The third kappa shape index (κ3) is 5.44. The second kappa shape index (κ2) is 8.86. The Kier molecular flexibility index (Phi) is 6.29. The van der Waals surface area contributed by atoms with Gasteiger partial charge in [0, 0.05) is 12.1 Å². The molecule has 3 aromatic rings. The molecule has 0 bridgehead atoms. The van der Waals surface area contributed by atoms with Gasteiger partial charge in [-0.05, 0) is 37.5 Å². The standard InChI is InChI=1S/C21H23N3O2S/c1-14-9-15(2)11-18(10-14)20-23-24-21(26-20)27-13-19(25)22-12-16(3)17-7-5-4-6-8-17/h4-11,16H,12-13H2,1-3H3,(H,22,25)/t16-/m0/s1. The largest absolute Gasteiger partial charge is 0.411 e. The summed E-state index contributed by atoms with van der Waals surface area (Å²) in [4.78, 5) is 12.1. The van der Waals surface area contributed by atoms with Gasteiger partial charge in [0.05, 0.1) is 5.75 Å². The summed E-state index contributed by atoms with van der Waals surface area (Å²) >= 11 is 1.25. The zero-order valence-electron chi connectivity index (χ0n) is 15.7. The summed E-state index contributed by atoms with van der Waals surface area (Å²) < 4.78 is 5.69. The van der Waals surface area contributed by atoms with Crippen molar-refractivity contribution < 1.29 is 9.21 Å². The fourth-order valence-corrected chi connectivity index (χ4v) is 3.42. The van der Waals surface area contributed by atoms with Gasteiger partial charge in [-0.2, -0.15) is 0 Å². The van der Waals surface area contributed by atoms with Crippen molar-refractivity contribution in [2.45, 2.75) is 31.9 Å². The molecule has 0 unspecified atom stereocenters. The first-order valence-electron chi connectivity index (χ1n) is 8.88. The van der Waals surface area contributed by atoms with E-state index in [0.29, 0.717) is 17.7 Å². The molecule has 1 N–H and O–H groups in total. The molecule has 27 heavy (non-hydrogen) atoms. The normalized spacial score (nSPS) is 12.0. The van der Waals surface area contributed by atoms with Crippen molar-refractivity contribution in [3.8, 4) is 11.5 Å². The van der Waals surface area contributed by atoms with Gasteiger partial charge in [0.15, 0.2) is 0 Å². The number of aromatic nitrogens is 2. The number of aryl methyl sites for hydroxylation is 2. The van der Waals surface area contributed by atoms with E-state index in [1.807, 2.05) is 44.2 Å². The lowest BCUT2D eigenvalue weighted by Gasteiger charge is -2.12. The van der Waals surface area contributed by atoms with Crippen LogP contribution in [0.2, 0.25) is 0 Å². The van der Waals surface area contributed by atoms with E-state index in [4.69, 9.17) is 4.42 Å². The third-order valence-corrected chi connectivity index (χ3v) is 4.99. The third-order valence-electron chi connectivity index (χ3n) is 4.18. The lowest BCUT2D eigenvalue weighted by molar-refractivity contribution is -0.118. The van der Waals surface area contributed by atoms with Gasteiger partial charge in [0.1, 0.15) is 0 Å². The van der Waals surface area contributed by atoms with Gasteiger partial charge in [0.25, 0.3) is 5.22 Å². The summed E-state index contributed by atoms with van der Waals surface area (Å²) in [5, 5.41) is 11.5. The molecule has 0 fully saturated rings. The number of hydrogen-bond acceptors (Lipinski definition) is 5. The van der Waals surface area contributed by atoms with Gasteiger partial charge in [-0.3, -0.25) is 4.79 Å². The number of thioether (sulfide) groups is 1. The molecule has 6 heteroatoms. The Bertz CT molecular complexity index is 889. The predicted molar refractivity (Wildman–Crippen MR) is 108 cm³/mol. The van der Waals surface area contributed by atoms with Gasteiger partial charge in [-0.1, -0.05) is 66.2 Å². The minimum Gasteiger partial charge on any atom is -0.411 e. The summed E-state index contributed by atoms with van der Waals surface area (Å²) in [5.74, 6) is 0.937. The number of carbonyl (C=O) groups excluding carboxylic acids is 1. The van der Waals surface area contributed by atoms with Crippen LogP contribution in [0.5, 0.6) is 0 Å². The van der Waals surface area contributed by atoms with Crippen molar-refractivity contribution in [1.29, 1.82) is 0 Å². The molecular formula is C21H23N3O2S. The van der Waals surface area contributed by atoms with Crippen LogP contribution in [0.15, 0.2) is 58.2 Å². The molecule has 1 atom stereocenters. The van der Waals surface area contributed by atoms with Crippen LogP contribution in [0.25, 0.3) is 11.5 Å². The first kappa shape index (κ1) is 19.2. The summed E-state index contributed by atoms with van der Waals surface area (Å²) in [6, 6.07) is 16.2. The first-order valence-corrected chi connectivity index (χ1v) is 9.86. The van der Waals surface area contributed by atoms with Crippen LogP contribution in [0.1, 0.15) is 29.5 Å². The van der Waals surface area contributed by atoms with Gasteiger partial charge < -0.3 is 9.73 Å². The maximum atomic E-state index is 12.1. The van der Waals surface area contributed by atoms with Crippen LogP contribution in [-0.4, -0.2) is 28.4 Å². The average Bonchev–Trinajstić information content (AvgIpc) is 3.13. The minimum atomic E-state index is -0.0473. The highest BCUT2D eigenvalue weighted by atomic mass is 32.2. The maximum Gasteiger partial charge on any atom is 0.277 e. The van der Waals surface area contributed by atoms with Crippen molar-refractivity contribution in [1.82, 2.24) is 15.5 Å². The quantitative estimate of drug-likeness (QED) is 0.616. The number of carbonyl (C=O) groups is 1. The molecular weight excluding hydrogens is 358 g/mol. The van der Waals surface area contributed by atoms with Crippen LogP contribution in [0.3, 0.4) is 0 Å². The van der Waals surface area contributed by atoms with Gasteiger partial charge in [0.2, 0.25) is 11.8 Å². The van der Waals surface area contributed by atoms with Crippen molar-refractivity contribution in [3.63, 3.8) is 0 Å². The highest BCUT2D eigenvalue weighted by Gasteiger charge is 2.13. The summed E-state index contributed by atoms with van der Waals surface area (Å²) in [5.41, 5.74) is 4.39.